The minimum Gasteiger partial charge on any atom is -0.379 e. The van der Waals surface area contributed by atoms with E-state index in [1.165, 1.54) is 12.1 Å². The molecule has 0 saturated carbocycles. The first-order valence-electron chi connectivity index (χ1n) is 5.71. The van der Waals surface area contributed by atoms with E-state index >= 15 is 0 Å². The third kappa shape index (κ3) is 3.21. The zero-order valence-corrected chi connectivity index (χ0v) is 11.1. The third-order valence-electron chi connectivity index (χ3n) is 2.88. The van der Waals surface area contributed by atoms with E-state index in [9.17, 15) is 18.5 Å². The number of hydrogen-bond acceptors (Lipinski definition) is 6. The lowest BCUT2D eigenvalue weighted by atomic mass is 10.2. The van der Waals surface area contributed by atoms with Crippen molar-refractivity contribution in [2.45, 2.75) is 17.4 Å². The Kier molecular flexibility index (Phi) is 3.72. The summed E-state index contributed by atoms with van der Waals surface area (Å²) in [4.78, 5) is 10.4. The van der Waals surface area contributed by atoms with Crippen LogP contribution in [-0.2, 0) is 14.6 Å². The highest BCUT2D eigenvalue weighted by atomic mass is 32.2. The molecule has 1 N–H and O–H groups in total. The molecule has 104 valence electrons. The molecule has 0 bridgehead atoms. The highest BCUT2D eigenvalue weighted by Gasteiger charge is 2.22. The number of nitro benzene ring substituents is 1. The van der Waals surface area contributed by atoms with Crippen molar-refractivity contribution in [1.82, 2.24) is 0 Å². The number of sulfone groups is 1. The minimum atomic E-state index is -3.46. The van der Waals surface area contributed by atoms with Crippen LogP contribution in [0.4, 0.5) is 11.4 Å². The van der Waals surface area contributed by atoms with Gasteiger partial charge in [0.15, 0.2) is 9.84 Å². The van der Waals surface area contributed by atoms with Crippen LogP contribution in [0.15, 0.2) is 23.1 Å². The van der Waals surface area contributed by atoms with Gasteiger partial charge in [-0.05, 0) is 18.6 Å². The maximum absolute atomic E-state index is 11.4. The van der Waals surface area contributed by atoms with Gasteiger partial charge < -0.3 is 10.1 Å². The molecule has 1 atom stereocenters. The Hall–Kier alpha value is -1.67. The number of rotatable bonds is 4. The predicted octanol–water partition coefficient (Wildman–Crippen LogP) is 1.20. The normalized spacial score (nSPS) is 19.3. The van der Waals surface area contributed by atoms with Crippen LogP contribution in [0.2, 0.25) is 0 Å². The summed E-state index contributed by atoms with van der Waals surface area (Å²) < 4.78 is 28.0. The summed E-state index contributed by atoms with van der Waals surface area (Å²) in [6.07, 6.45) is 1.79. The van der Waals surface area contributed by atoms with Crippen molar-refractivity contribution in [3.05, 3.63) is 28.3 Å². The summed E-state index contributed by atoms with van der Waals surface area (Å²) in [5.41, 5.74) is 0.0720. The maximum Gasteiger partial charge on any atom is 0.293 e. The molecule has 1 heterocycles. The van der Waals surface area contributed by atoms with Crippen molar-refractivity contribution < 1.29 is 18.1 Å². The topological polar surface area (TPSA) is 98.5 Å². The number of benzene rings is 1. The first-order chi connectivity index (χ1) is 8.88. The van der Waals surface area contributed by atoms with Gasteiger partial charge in [0, 0.05) is 18.9 Å². The highest BCUT2D eigenvalue weighted by Crippen LogP contribution is 2.29. The van der Waals surface area contributed by atoms with E-state index < -0.39 is 14.8 Å². The van der Waals surface area contributed by atoms with Crippen LogP contribution in [-0.4, -0.2) is 38.9 Å². The summed E-state index contributed by atoms with van der Waals surface area (Å²) >= 11 is 0. The van der Waals surface area contributed by atoms with E-state index in [4.69, 9.17) is 4.74 Å². The largest absolute Gasteiger partial charge is 0.379 e. The zero-order valence-electron chi connectivity index (χ0n) is 10.3. The van der Waals surface area contributed by atoms with Crippen LogP contribution in [0.25, 0.3) is 0 Å². The molecule has 0 radical (unpaired) electrons. The van der Waals surface area contributed by atoms with Gasteiger partial charge in [-0.1, -0.05) is 0 Å². The highest BCUT2D eigenvalue weighted by molar-refractivity contribution is 7.90. The first kappa shape index (κ1) is 13.8. The van der Waals surface area contributed by atoms with Crippen LogP contribution in [0.5, 0.6) is 0 Å². The van der Waals surface area contributed by atoms with Crippen molar-refractivity contribution >= 4 is 21.2 Å². The number of anilines is 1. The molecule has 2 rings (SSSR count). The number of nitrogens with one attached hydrogen (secondary N) is 1. The molecule has 1 aromatic rings. The van der Waals surface area contributed by atoms with E-state index in [0.717, 1.165) is 18.7 Å². The summed E-state index contributed by atoms with van der Waals surface area (Å²) in [6, 6.07) is 3.88. The van der Waals surface area contributed by atoms with E-state index in [1.54, 1.807) is 0 Å². The zero-order chi connectivity index (χ0) is 14.0. The molecule has 19 heavy (non-hydrogen) atoms. The van der Waals surface area contributed by atoms with Crippen LogP contribution in [0.3, 0.4) is 0 Å². The quantitative estimate of drug-likeness (QED) is 0.659. The first-order valence-corrected chi connectivity index (χ1v) is 7.60. The Morgan fingerprint density at radius 2 is 2.21 bits per heavy atom. The molecule has 1 unspecified atom stereocenters. The standard InChI is InChI=1S/C11H14N2O5S/c1-19(16,17)9-2-3-10(11(6-9)13(14)15)12-8-4-5-18-7-8/h2-3,6,8,12H,4-5,7H2,1H3. The van der Waals surface area contributed by atoms with Gasteiger partial charge in [-0.15, -0.1) is 0 Å². The summed E-state index contributed by atoms with van der Waals surface area (Å²) in [5.74, 6) is 0. The fourth-order valence-electron chi connectivity index (χ4n) is 1.88. The average Bonchev–Trinajstić information content (AvgIpc) is 2.80. The SMILES string of the molecule is CS(=O)(=O)c1ccc(NC2CCOC2)c([N+](=O)[O-])c1. The van der Waals surface area contributed by atoms with Crippen molar-refractivity contribution in [2.75, 3.05) is 24.8 Å². The molecule has 0 aromatic heterocycles. The van der Waals surface area contributed by atoms with Crippen molar-refractivity contribution in [3.8, 4) is 0 Å². The second kappa shape index (κ2) is 5.14. The van der Waals surface area contributed by atoms with Gasteiger partial charge in [0.2, 0.25) is 0 Å². The second-order valence-electron chi connectivity index (χ2n) is 4.41. The molecule has 1 saturated heterocycles. The number of hydrogen-bond donors (Lipinski definition) is 1. The number of nitro groups is 1. The molecule has 0 spiro atoms. The fraction of sp³-hybridized carbons (Fsp3) is 0.455. The van der Waals surface area contributed by atoms with Crippen molar-refractivity contribution in [3.63, 3.8) is 0 Å². The average molecular weight is 286 g/mol. The van der Waals surface area contributed by atoms with E-state index in [-0.39, 0.29) is 16.6 Å². The molecule has 0 aliphatic carbocycles. The molecular formula is C11H14N2O5S. The fourth-order valence-corrected chi connectivity index (χ4v) is 2.52. The van der Waals surface area contributed by atoms with Crippen LogP contribution >= 0.6 is 0 Å². The molecular weight excluding hydrogens is 272 g/mol. The van der Waals surface area contributed by atoms with Crippen LogP contribution in [0.1, 0.15) is 6.42 Å². The second-order valence-corrected chi connectivity index (χ2v) is 6.43. The van der Waals surface area contributed by atoms with Gasteiger partial charge in [-0.3, -0.25) is 10.1 Å². The molecule has 7 nitrogen and oxygen atoms in total. The summed E-state index contributed by atoms with van der Waals surface area (Å²) in [5, 5.41) is 14.0. The van der Waals surface area contributed by atoms with Gasteiger partial charge in [0.05, 0.1) is 22.5 Å². The van der Waals surface area contributed by atoms with Gasteiger partial charge in [-0.2, -0.15) is 0 Å². The molecule has 1 aromatic carbocycles. The van der Waals surface area contributed by atoms with Crippen molar-refractivity contribution in [1.29, 1.82) is 0 Å². The summed E-state index contributed by atoms with van der Waals surface area (Å²) in [7, 11) is -3.46. The Balaban J connectivity index is 2.35. The lowest BCUT2D eigenvalue weighted by molar-refractivity contribution is -0.384. The third-order valence-corrected chi connectivity index (χ3v) is 3.99. The number of nitrogens with zero attached hydrogens (tertiary/aromatic N) is 1. The Labute approximate surface area is 110 Å². The number of ether oxygens (including phenoxy) is 1. The smallest absolute Gasteiger partial charge is 0.293 e. The Morgan fingerprint density at radius 1 is 1.47 bits per heavy atom. The summed E-state index contributed by atoms with van der Waals surface area (Å²) in [6.45, 7) is 1.11. The van der Waals surface area contributed by atoms with Crippen LogP contribution < -0.4 is 5.32 Å². The monoisotopic (exact) mass is 286 g/mol. The van der Waals surface area contributed by atoms with Gasteiger partial charge in [0.1, 0.15) is 5.69 Å². The molecule has 0 amide bonds. The minimum absolute atomic E-state index is 0.0165. The predicted molar refractivity (Wildman–Crippen MR) is 69.1 cm³/mol. The molecule has 8 heteroatoms. The lowest BCUT2D eigenvalue weighted by Gasteiger charge is -2.12. The lowest BCUT2D eigenvalue weighted by Crippen LogP contribution is -2.19. The molecule has 1 fully saturated rings. The Morgan fingerprint density at radius 3 is 2.74 bits per heavy atom. The molecule has 1 aliphatic heterocycles. The van der Waals surface area contributed by atoms with Gasteiger partial charge >= 0.3 is 0 Å². The van der Waals surface area contributed by atoms with Gasteiger partial charge in [-0.25, -0.2) is 8.42 Å². The molecule has 1 aliphatic rings. The van der Waals surface area contributed by atoms with E-state index in [1.807, 2.05) is 0 Å². The van der Waals surface area contributed by atoms with Crippen molar-refractivity contribution in [2.24, 2.45) is 0 Å². The van der Waals surface area contributed by atoms with Crippen LogP contribution in [0, 0.1) is 10.1 Å². The van der Waals surface area contributed by atoms with Gasteiger partial charge in [0.25, 0.3) is 5.69 Å². The maximum atomic E-state index is 11.4. The van der Waals surface area contributed by atoms with E-state index in [2.05, 4.69) is 5.32 Å². The van der Waals surface area contributed by atoms with E-state index in [0.29, 0.717) is 18.9 Å². The Bertz CT molecular complexity index is 593.